The van der Waals surface area contributed by atoms with Crippen molar-refractivity contribution in [1.82, 2.24) is 9.88 Å². The molecule has 8 heteroatoms. The van der Waals surface area contributed by atoms with E-state index < -0.39 is 17.0 Å². The van der Waals surface area contributed by atoms with Gasteiger partial charge in [0.1, 0.15) is 16.9 Å². The summed E-state index contributed by atoms with van der Waals surface area (Å²) < 4.78 is 11.8. The largest absolute Gasteiger partial charge is 0.503 e. The van der Waals surface area contributed by atoms with Crippen LogP contribution in [0.25, 0.3) is 11.0 Å². The maximum atomic E-state index is 12.2. The maximum absolute atomic E-state index is 12.2. The Balaban J connectivity index is 1.73. The molecule has 0 aliphatic heterocycles. The molecule has 1 aromatic carbocycles. The van der Waals surface area contributed by atoms with Crippen molar-refractivity contribution in [3.8, 4) is 11.5 Å². The SMILES string of the molecule is COc1ccc2cc(C(=O)NCCn3ccc(=O)c(O)c3)c(=O)oc2c1. The number of carbonyl (C=O) groups is 1. The molecular weight excluding hydrogens is 340 g/mol. The number of nitrogens with one attached hydrogen (secondary N) is 1. The fourth-order valence-electron chi connectivity index (χ4n) is 2.42. The van der Waals surface area contributed by atoms with Gasteiger partial charge in [0.05, 0.1) is 7.11 Å². The highest BCUT2D eigenvalue weighted by Crippen LogP contribution is 2.20. The van der Waals surface area contributed by atoms with Crippen molar-refractivity contribution in [1.29, 1.82) is 0 Å². The van der Waals surface area contributed by atoms with Crippen molar-refractivity contribution in [2.75, 3.05) is 13.7 Å². The molecule has 0 atom stereocenters. The summed E-state index contributed by atoms with van der Waals surface area (Å²) in [4.78, 5) is 35.4. The van der Waals surface area contributed by atoms with Gasteiger partial charge in [-0.1, -0.05) is 0 Å². The second-order valence-electron chi connectivity index (χ2n) is 5.54. The fraction of sp³-hybridized carbons (Fsp3) is 0.167. The molecular formula is C18H16N2O6. The molecule has 3 aromatic rings. The molecule has 0 saturated carbocycles. The lowest BCUT2D eigenvalue weighted by Gasteiger charge is -2.08. The number of methoxy groups -OCH3 is 1. The molecule has 0 unspecified atom stereocenters. The van der Waals surface area contributed by atoms with Crippen LogP contribution in [-0.4, -0.2) is 29.2 Å². The molecule has 0 fully saturated rings. The third-order valence-corrected chi connectivity index (χ3v) is 3.80. The van der Waals surface area contributed by atoms with E-state index in [-0.39, 0.29) is 17.9 Å². The summed E-state index contributed by atoms with van der Waals surface area (Å²) in [5.74, 6) is -0.395. The summed E-state index contributed by atoms with van der Waals surface area (Å²) in [5, 5.41) is 12.6. The Kier molecular flexibility index (Phi) is 4.74. The first-order valence-electron chi connectivity index (χ1n) is 7.77. The number of hydrogen-bond donors (Lipinski definition) is 2. The van der Waals surface area contributed by atoms with Crippen LogP contribution in [0.15, 0.2) is 56.7 Å². The first-order valence-corrected chi connectivity index (χ1v) is 7.77. The molecule has 0 bridgehead atoms. The Bertz CT molecular complexity index is 1080. The number of fused-ring (bicyclic) bond motifs is 1. The third-order valence-electron chi connectivity index (χ3n) is 3.80. The van der Waals surface area contributed by atoms with Crippen LogP contribution in [0.5, 0.6) is 11.5 Å². The van der Waals surface area contributed by atoms with Gasteiger partial charge < -0.3 is 24.1 Å². The summed E-state index contributed by atoms with van der Waals surface area (Å²) >= 11 is 0. The number of carbonyl (C=O) groups excluding carboxylic acids is 1. The van der Waals surface area contributed by atoms with Crippen LogP contribution in [0.1, 0.15) is 10.4 Å². The molecule has 0 aliphatic carbocycles. The Morgan fingerprint density at radius 2 is 2.08 bits per heavy atom. The molecule has 3 rings (SSSR count). The number of amides is 1. The number of rotatable bonds is 5. The Hall–Kier alpha value is -3.55. The number of pyridine rings is 1. The number of nitrogens with zero attached hydrogens (tertiary/aromatic N) is 1. The van der Waals surface area contributed by atoms with Crippen molar-refractivity contribution in [2.45, 2.75) is 6.54 Å². The summed E-state index contributed by atoms with van der Waals surface area (Å²) in [6.45, 7) is 0.511. The van der Waals surface area contributed by atoms with E-state index in [1.807, 2.05) is 0 Å². The molecule has 134 valence electrons. The molecule has 2 heterocycles. The van der Waals surface area contributed by atoms with Gasteiger partial charge in [0.2, 0.25) is 5.43 Å². The van der Waals surface area contributed by atoms with E-state index in [1.165, 1.54) is 31.6 Å². The van der Waals surface area contributed by atoms with Crippen LogP contribution >= 0.6 is 0 Å². The van der Waals surface area contributed by atoms with Crippen LogP contribution in [0.4, 0.5) is 0 Å². The average molecular weight is 356 g/mol. The molecule has 2 N–H and O–H groups in total. The van der Waals surface area contributed by atoms with E-state index in [0.717, 1.165) is 0 Å². The smallest absolute Gasteiger partial charge is 0.349 e. The minimum Gasteiger partial charge on any atom is -0.503 e. The van der Waals surface area contributed by atoms with E-state index in [1.54, 1.807) is 22.8 Å². The lowest BCUT2D eigenvalue weighted by atomic mass is 10.1. The predicted octanol–water partition coefficient (Wildman–Crippen LogP) is 1.10. The quantitative estimate of drug-likeness (QED) is 0.662. The van der Waals surface area contributed by atoms with Gasteiger partial charge in [-0.25, -0.2) is 4.79 Å². The Morgan fingerprint density at radius 1 is 1.27 bits per heavy atom. The number of aromatic nitrogens is 1. The van der Waals surface area contributed by atoms with E-state index >= 15 is 0 Å². The zero-order valence-corrected chi connectivity index (χ0v) is 13.9. The first-order chi connectivity index (χ1) is 12.5. The number of benzene rings is 1. The van der Waals surface area contributed by atoms with Crippen molar-refractivity contribution < 1.29 is 19.1 Å². The average Bonchev–Trinajstić information content (AvgIpc) is 2.63. The summed E-state index contributed by atoms with van der Waals surface area (Å²) in [6.07, 6.45) is 2.76. The van der Waals surface area contributed by atoms with E-state index in [4.69, 9.17) is 9.15 Å². The van der Waals surface area contributed by atoms with Gasteiger partial charge in [-0.2, -0.15) is 0 Å². The van der Waals surface area contributed by atoms with E-state index in [0.29, 0.717) is 23.3 Å². The van der Waals surface area contributed by atoms with Crippen molar-refractivity contribution in [2.24, 2.45) is 0 Å². The monoisotopic (exact) mass is 356 g/mol. The van der Waals surface area contributed by atoms with E-state index in [2.05, 4.69) is 5.32 Å². The molecule has 0 saturated heterocycles. The maximum Gasteiger partial charge on any atom is 0.349 e. The Morgan fingerprint density at radius 3 is 2.81 bits per heavy atom. The lowest BCUT2D eigenvalue weighted by Crippen LogP contribution is -2.31. The van der Waals surface area contributed by atoms with Gasteiger partial charge >= 0.3 is 5.63 Å². The van der Waals surface area contributed by atoms with E-state index in [9.17, 15) is 19.5 Å². The van der Waals surface area contributed by atoms with Crippen LogP contribution < -0.4 is 21.1 Å². The normalized spacial score (nSPS) is 10.7. The van der Waals surface area contributed by atoms with Crippen LogP contribution in [-0.2, 0) is 6.54 Å². The fourth-order valence-corrected chi connectivity index (χ4v) is 2.42. The standard InChI is InChI=1S/C18H16N2O6/c1-25-12-3-2-11-8-13(18(24)26-16(11)9-12)17(23)19-5-7-20-6-4-14(21)15(22)10-20/h2-4,6,8-10,22H,5,7H2,1H3,(H,19,23). The van der Waals surface area contributed by atoms with Crippen LogP contribution in [0.2, 0.25) is 0 Å². The van der Waals surface area contributed by atoms with Gasteiger partial charge in [-0.3, -0.25) is 9.59 Å². The first kappa shape index (κ1) is 17.3. The van der Waals surface area contributed by atoms with Gasteiger partial charge in [0, 0.05) is 43.0 Å². The summed E-state index contributed by atoms with van der Waals surface area (Å²) in [5.41, 5.74) is -1.000. The van der Waals surface area contributed by atoms with Gasteiger partial charge in [-0.05, 0) is 18.2 Å². The second kappa shape index (κ2) is 7.14. The minimum absolute atomic E-state index is 0.106. The van der Waals surface area contributed by atoms with Crippen LogP contribution in [0, 0.1) is 0 Å². The lowest BCUT2D eigenvalue weighted by molar-refractivity contribution is 0.0949. The Labute approximate surface area is 147 Å². The zero-order valence-electron chi connectivity index (χ0n) is 13.9. The van der Waals surface area contributed by atoms with Crippen molar-refractivity contribution >= 4 is 16.9 Å². The molecule has 8 nitrogen and oxygen atoms in total. The number of aromatic hydroxyl groups is 1. The summed E-state index contributed by atoms with van der Waals surface area (Å²) in [7, 11) is 1.50. The minimum atomic E-state index is -0.746. The molecule has 0 aliphatic rings. The predicted molar refractivity (Wildman–Crippen MR) is 93.7 cm³/mol. The highest BCUT2D eigenvalue weighted by Gasteiger charge is 2.13. The summed E-state index contributed by atoms with van der Waals surface area (Å²) in [6, 6.07) is 7.65. The van der Waals surface area contributed by atoms with Gasteiger partial charge in [-0.15, -0.1) is 0 Å². The van der Waals surface area contributed by atoms with Crippen molar-refractivity contribution in [3.05, 3.63) is 68.9 Å². The molecule has 26 heavy (non-hydrogen) atoms. The second-order valence-corrected chi connectivity index (χ2v) is 5.54. The number of hydrogen-bond acceptors (Lipinski definition) is 6. The zero-order chi connectivity index (χ0) is 18.7. The highest BCUT2D eigenvalue weighted by atomic mass is 16.5. The molecule has 0 spiro atoms. The highest BCUT2D eigenvalue weighted by molar-refractivity contribution is 5.96. The number of ether oxygens (including phenoxy) is 1. The molecule has 1 amide bonds. The van der Waals surface area contributed by atoms with Gasteiger partial charge in [0.15, 0.2) is 5.75 Å². The van der Waals surface area contributed by atoms with Crippen LogP contribution in [0.3, 0.4) is 0 Å². The molecule has 2 aromatic heterocycles. The van der Waals surface area contributed by atoms with Crippen molar-refractivity contribution in [3.63, 3.8) is 0 Å². The van der Waals surface area contributed by atoms with Gasteiger partial charge in [0.25, 0.3) is 5.91 Å². The molecule has 0 radical (unpaired) electrons. The topological polar surface area (TPSA) is 111 Å². The third kappa shape index (κ3) is 3.59.